The Morgan fingerprint density at radius 1 is 1.75 bits per heavy atom. The van der Waals surface area contributed by atoms with E-state index in [1.807, 2.05) is 20.9 Å². The van der Waals surface area contributed by atoms with Crippen LogP contribution in [0.5, 0.6) is 0 Å². The normalized spacial score (nSPS) is 24.3. The van der Waals surface area contributed by atoms with Gasteiger partial charge in [-0.3, -0.25) is 4.72 Å². The summed E-state index contributed by atoms with van der Waals surface area (Å²) in [6.07, 6.45) is 2.14. The molecule has 2 N–H and O–H groups in total. The summed E-state index contributed by atoms with van der Waals surface area (Å²) in [6.45, 7) is 3.73. The quantitative estimate of drug-likeness (QED) is 0.689. The van der Waals surface area contributed by atoms with Crippen LogP contribution < -0.4 is 4.72 Å². The van der Waals surface area contributed by atoms with Crippen molar-refractivity contribution in [1.29, 1.82) is 0 Å². The van der Waals surface area contributed by atoms with Gasteiger partial charge >= 0.3 is 0 Å². The summed E-state index contributed by atoms with van der Waals surface area (Å²) in [6, 6.07) is 0. The smallest absolute Gasteiger partial charge is 0.0662 e. The predicted molar refractivity (Wildman–Crippen MR) is 57.0 cm³/mol. The molecule has 1 atom stereocenters. The molecule has 0 fully saturated rings. The van der Waals surface area contributed by atoms with Crippen molar-refractivity contribution in [2.24, 2.45) is 5.92 Å². The molecule has 0 saturated carbocycles. The third kappa shape index (κ3) is 2.69. The standard InChI is InChI=1S/C8H15NOS2/c1-8(2,10)6-4-7(11-5-6)12-9-3/h4,6,9-10H,5H2,1-3H3/t6-/m1/s1. The number of hydrogen-bond acceptors (Lipinski definition) is 4. The molecule has 1 aliphatic rings. The molecule has 0 bridgehead atoms. The third-order valence-corrected chi connectivity index (χ3v) is 3.94. The molecule has 2 nitrogen and oxygen atoms in total. The van der Waals surface area contributed by atoms with Gasteiger partial charge < -0.3 is 5.11 Å². The Hall–Kier alpha value is 0.360. The highest BCUT2D eigenvalue weighted by molar-refractivity contribution is 8.21. The predicted octanol–water partition coefficient (Wildman–Crippen LogP) is 1.83. The minimum atomic E-state index is -0.580. The van der Waals surface area contributed by atoms with E-state index in [9.17, 15) is 5.11 Å². The zero-order valence-electron chi connectivity index (χ0n) is 7.63. The lowest BCUT2D eigenvalue weighted by Gasteiger charge is -2.22. The molecule has 0 radical (unpaired) electrons. The Labute approximate surface area is 82.3 Å². The van der Waals surface area contributed by atoms with Gasteiger partial charge in [-0.05, 0) is 32.8 Å². The van der Waals surface area contributed by atoms with Crippen LogP contribution in [0, 0.1) is 5.92 Å². The Balaban J connectivity index is 2.53. The first kappa shape index (κ1) is 10.4. The first-order chi connectivity index (χ1) is 5.54. The van der Waals surface area contributed by atoms with Gasteiger partial charge in [0.25, 0.3) is 0 Å². The second-order valence-corrected chi connectivity index (χ2v) is 5.74. The van der Waals surface area contributed by atoms with Crippen molar-refractivity contribution in [3.63, 3.8) is 0 Å². The van der Waals surface area contributed by atoms with Crippen molar-refractivity contribution in [1.82, 2.24) is 4.72 Å². The lowest BCUT2D eigenvalue weighted by atomic mass is 9.93. The number of thioether (sulfide) groups is 1. The van der Waals surface area contributed by atoms with Gasteiger partial charge in [0.15, 0.2) is 0 Å². The molecule has 0 spiro atoms. The van der Waals surface area contributed by atoms with E-state index in [2.05, 4.69) is 10.8 Å². The summed E-state index contributed by atoms with van der Waals surface area (Å²) in [5.41, 5.74) is -0.580. The maximum Gasteiger partial charge on any atom is 0.0662 e. The zero-order valence-corrected chi connectivity index (χ0v) is 9.26. The van der Waals surface area contributed by atoms with Crippen LogP contribution in [0.3, 0.4) is 0 Å². The van der Waals surface area contributed by atoms with E-state index in [1.165, 1.54) is 4.24 Å². The Morgan fingerprint density at radius 3 is 2.83 bits per heavy atom. The van der Waals surface area contributed by atoms with Gasteiger partial charge in [-0.1, -0.05) is 6.08 Å². The molecule has 1 heterocycles. The second-order valence-electron chi connectivity index (χ2n) is 3.36. The van der Waals surface area contributed by atoms with E-state index in [4.69, 9.17) is 0 Å². The van der Waals surface area contributed by atoms with E-state index >= 15 is 0 Å². The van der Waals surface area contributed by atoms with E-state index in [-0.39, 0.29) is 0 Å². The van der Waals surface area contributed by atoms with Crippen molar-refractivity contribution in [2.75, 3.05) is 12.8 Å². The lowest BCUT2D eigenvalue weighted by molar-refractivity contribution is 0.0466. The second kappa shape index (κ2) is 4.05. The van der Waals surface area contributed by atoms with Crippen LogP contribution >= 0.6 is 23.7 Å². The van der Waals surface area contributed by atoms with Gasteiger partial charge in [-0.25, -0.2) is 0 Å². The monoisotopic (exact) mass is 205 g/mol. The molecule has 70 valence electrons. The van der Waals surface area contributed by atoms with Crippen molar-refractivity contribution in [3.8, 4) is 0 Å². The zero-order chi connectivity index (χ0) is 9.19. The molecule has 0 aromatic heterocycles. The SMILES string of the molecule is CNSC1=C[C@@H](C(C)(C)O)CS1. The van der Waals surface area contributed by atoms with Gasteiger partial charge in [0.2, 0.25) is 0 Å². The molecule has 0 aromatic carbocycles. The molecule has 0 saturated heterocycles. The highest BCUT2D eigenvalue weighted by Gasteiger charge is 2.29. The molecule has 0 amide bonds. The van der Waals surface area contributed by atoms with Crippen LogP contribution in [0.2, 0.25) is 0 Å². The first-order valence-electron chi connectivity index (χ1n) is 3.94. The Morgan fingerprint density at radius 2 is 2.42 bits per heavy atom. The van der Waals surface area contributed by atoms with Gasteiger partial charge in [0.1, 0.15) is 0 Å². The molecular formula is C8H15NOS2. The largest absolute Gasteiger partial charge is 0.390 e. The molecule has 1 aliphatic heterocycles. The highest BCUT2D eigenvalue weighted by Crippen LogP contribution is 2.39. The van der Waals surface area contributed by atoms with Crippen molar-refractivity contribution in [3.05, 3.63) is 10.3 Å². The molecule has 0 unspecified atom stereocenters. The molecule has 0 aromatic rings. The van der Waals surface area contributed by atoms with E-state index in [0.29, 0.717) is 5.92 Å². The molecule has 0 aliphatic carbocycles. The van der Waals surface area contributed by atoms with Crippen molar-refractivity contribution >= 4 is 23.7 Å². The van der Waals surface area contributed by atoms with Gasteiger partial charge in [0, 0.05) is 11.7 Å². The minimum absolute atomic E-state index is 0.290. The van der Waals surface area contributed by atoms with Crippen LogP contribution in [0.25, 0.3) is 0 Å². The summed E-state index contributed by atoms with van der Waals surface area (Å²) in [4.78, 5) is 0. The fourth-order valence-electron chi connectivity index (χ4n) is 1.00. The summed E-state index contributed by atoms with van der Waals surface area (Å²) in [7, 11) is 1.91. The summed E-state index contributed by atoms with van der Waals surface area (Å²) < 4.78 is 4.30. The molecular weight excluding hydrogens is 190 g/mol. The fourth-order valence-corrected chi connectivity index (χ4v) is 3.24. The number of aliphatic hydroxyl groups is 1. The van der Waals surface area contributed by atoms with Gasteiger partial charge in [0.05, 0.1) is 9.84 Å². The first-order valence-corrected chi connectivity index (χ1v) is 5.75. The van der Waals surface area contributed by atoms with E-state index in [0.717, 1.165) is 5.75 Å². The Kier molecular flexibility index (Phi) is 3.52. The average molecular weight is 205 g/mol. The summed E-state index contributed by atoms with van der Waals surface area (Å²) >= 11 is 3.43. The maximum atomic E-state index is 9.72. The molecule has 12 heavy (non-hydrogen) atoms. The summed E-state index contributed by atoms with van der Waals surface area (Å²) in [5, 5.41) is 9.72. The summed E-state index contributed by atoms with van der Waals surface area (Å²) in [5.74, 6) is 1.28. The van der Waals surface area contributed by atoms with Crippen LogP contribution in [0.4, 0.5) is 0 Å². The number of rotatable bonds is 3. The highest BCUT2D eigenvalue weighted by atomic mass is 32.2. The fraction of sp³-hybridized carbons (Fsp3) is 0.750. The van der Waals surface area contributed by atoms with Crippen LogP contribution in [0.1, 0.15) is 13.8 Å². The van der Waals surface area contributed by atoms with Gasteiger partial charge in [-0.2, -0.15) is 0 Å². The van der Waals surface area contributed by atoms with Crippen LogP contribution in [0.15, 0.2) is 10.3 Å². The topological polar surface area (TPSA) is 32.3 Å². The van der Waals surface area contributed by atoms with Crippen LogP contribution in [-0.4, -0.2) is 23.5 Å². The number of nitrogens with one attached hydrogen (secondary N) is 1. The van der Waals surface area contributed by atoms with Gasteiger partial charge in [-0.15, -0.1) is 11.8 Å². The third-order valence-electron chi connectivity index (χ3n) is 1.85. The average Bonchev–Trinajstić information content (AvgIpc) is 2.35. The lowest BCUT2D eigenvalue weighted by Crippen LogP contribution is -2.29. The maximum absolute atomic E-state index is 9.72. The Bertz CT molecular complexity index is 186. The van der Waals surface area contributed by atoms with E-state index < -0.39 is 5.60 Å². The van der Waals surface area contributed by atoms with Crippen LogP contribution in [-0.2, 0) is 0 Å². The minimum Gasteiger partial charge on any atom is -0.390 e. The molecule has 1 rings (SSSR count). The molecule has 4 heteroatoms. The van der Waals surface area contributed by atoms with E-state index in [1.54, 1.807) is 23.7 Å². The van der Waals surface area contributed by atoms with Crippen molar-refractivity contribution < 1.29 is 5.11 Å². The van der Waals surface area contributed by atoms with Crippen molar-refractivity contribution in [2.45, 2.75) is 19.4 Å². The number of hydrogen-bond donors (Lipinski definition) is 2.